The first-order valence-corrected chi connectivity index (χ1v) is 8.22. The molecule has 0 aliphatic rings. The van der Waals surface area contributed by atoms with Crippen molar-refractivity contribution in [2.45, 2.75) is 6.42 Å². The number of aromatic hydroxyl groups is 1. The molecule has 1 aromatic heterocycles. The molecule has 0 spiro atoms. The van der Waals surface area contributed by atoms with Gasteiger partial charge in [-0.1, -0.05) is 58.5 Å². The number of halogens is 1. The third-order valence-electron chi connectivity index (χ3n) is 3.56. The second kappa shape index (κ2) is 6.60. The minimum absolute atomic E-state index is 0.0735. The molecule has 0 aliphatic heterocycles. The van der Waals surface area contributed by atoms with Gasteiger partial charge in [0.25, 0.3) is 0 Å². The summed E-state index contributed by atoms with van der Waals surface area (Å²) < 4.78 is 2.59. The highest BCUT2D eigenvalue weighted by molar-refractivity contribution is 9.10. The van der Waals surface area contributed by atoms with E-state index in [-0.39, 0.29) is 5.88 Å². The van der Waals surface area contributed by atoms with E-state index in [9.17, 15) is 5.11 Å². The fourth-order valence-corrected chi connectivity index (χ4v) is 2.96. The van der Waals surface area contributed by atoms with E-state index < -0.39 is 0 Å². The molecule has 6 heteroatoms. The van der Waals surface area contributed by atoms with Crippen molar-refractivity contribution in [1.82, 2.24) is 4.57 Å². The van der Waals surface area contributed by atoms with Gasteiger partial charge in [-0.05, 0) is 23.8 Å². The molecule has 0 amide bonds. The minimum atomic E-state index is 0.0735. The molecule has 3 aromatic rings. The van der Waals surface area contributed by atoms with Crippen molar-refractivity contribution < 1.29 is 5.11 Å². The van der Waals surface area contributed by atoms with Crippen molar-refractivity contribution in [1.29, 1.82) is 0 Å². The van der Waals surface area contributed by atoms with Crippen LogP contribution in [0.3, 0.4) is 0 Å². The van der Waals surface area contributed by atoms with Gasteiger partial charge in [0.05, 0.1) is 5.52 Å². The zero-order valence-corrected chi connectivity index (χ0v) is 14.8. The Bertz CT molecular complexity index is 903. The molecule has 1 N–H and O–H groups in total. The number of aryl methyl sites for hydroxylation is 1. The Balaban J connectivity index is 1.90. The van der Waals surface area contributed by atoms with E-state index in [4.69, 9.17) is 12.2 Å². The van der Waals surface area contributed by atoms with Crippen LogP contribution in [0.2, 0.25) is 0 Å². The predicted octanol–water partition coefficient (Wildman–Crippen LogP) is 5.30. The number of benzene rings is 2. The second-order valence-electron chi connectivity index (χ2n) is 5.15. The molecule has 0 unspecified atom stereocenters. The summed E-state index contributed by atoms with van der Waals surface area (Å²) in [6.45, 7) is 0. The summed E-state index contributed by atoms with van der Waals surface area (Å²) in [6.07, 6.45) is 0.550. The summed E-state index contributed by atoms with van der Waals surface area (Å²) >= 11 is 8.71. The van der Waals surface area contributed by atoms with Gasteiger partial charge in [0.15, 0.2) is 5.69 Å². The topological polar surface area (TPSA) is 49.9 Å². The highest BCUT2D eigenvalue weighted by atomic mass is 79.9. The lowest BCUT2D eigenvalue weighted by molar-refractivity contribution is 0.436. The van der Waals surface area contributed by atoms with Crippen molar-refractivity contribution in [3.8, 4) is 5.88 Å². The lowest BCUT2D eigenvalue weighted by Gasteiger charge is -1.98. The molecule has 1 heterocycles. The van der Waals surface area contributed by atoms with E-state index >= 15 is 0 Å². The highest BCUT2D eigenvalue weighted by Crippen LogP contribution is 2.39. The fraction of sp³-hybridized carbons (Fsp3) is 0.118. The Labute approximate surface area is 147 Å². The molecule has 0 saturated heterocycles. The van der Waals surface area contributed by atoms with Crippen LogP contribution in [0.25, 0.3) is 10.9 Å². The molecular weight excluding hydrogens is 374 g/mol. The van der Waals surface area contributed by atoms with Crippen LogP contribution in [-0.2, 0) is 13.5 Å². The molecular formula is C17H14BrN3OS. The molecule has 2 aromatic carbocycles. The van der Waals surface area contributed by atoms with Gasteiger partial charge in [0.2, 0.25) is 5.88 Å². The summed E-state index contributed by atoms with van der Waals surface area (Å²) in [5.41, 5.74) is 2.40. The normalized spacial score (nSPS) is 11.4. The average Bonchev–Trinajstić information content (AvgIpc) is 2.77. The first-order chi connectivity index (χ1) is 11.1. The predicted molar refractivity (Wildman–Crippen MR) is 99.5 cm³/mol. The van der Waals surface area contributed by atoms with Gasteiger partial charge in [-0.15, -0.1) is 10.2 Å². The molecule has 0 fully saturated rings. The van der Waals surface area contributed by atoms with Crippen LogP contribution in [0, 0.1) is 0 Å². The van der Waals surface area contributed by atoms with Crippen LogP contribution in [0.4, 0.5) is 5.69 Å². The minimum Gasteiger partial charge on any atom is -0.493 e. The van der Waals surface area contributed by atoms with Crippen molar-refractivity contribution in [2.24, 2.45) is 17.3 Å². The van der Waals surface area contributed by atoms with Crippen LogP contribution in [-0.4, -0.2) is 14.7 Å². The van der Waals surface area contributed by atoms with Crippen molar-refractivity contribution in [3.05, 3.63) is 58.6 Å². The fourth-order valence-electron chi connectivity index (χ4n) is 2.39. The highest BCUT2D eigenvalue weighted by Gasteiger charge is 2.14. The molecule has 0 bridgehead atoms. The first kappa shape index (κ1) is 15.8. The van der Waals surface area contributed by atoms with Crippen molar-refractivity contribution >= 4 is 49.7 Å². The van der Waals surface area contributed by atoms with Crippen molar-refractivity contribution in [2.75, 3.05) is 0 Å². The first-order valence-electron chi connectivity index (χ1n) is 7.01. The van der Waals surface area contributed by atoms with Gasteiger partial charge < -0.3 is 9.67 Å². The summed E-state index contributed by atoms with van der Waals surface area (Å²) in [7, 11) is 1.78. The maximum absolute atomic E-state index is 10.3. The maximum Gasteiger partial charge on any atom is 0.220 e. The van der Waals surface area contributed by atoms with Crippen LogP contribution in [0.5, 0.6) is 5.88 Å². The number of rotatable bonds is 3. The number of azo groups is 1. The van der Waals surface area contributed by atoms with Crippen LogP contribution in [0.1, 0.15) is 5.56 Å². The summed E-state index contributed by atoms with van der Waals surface area (Å²) in [5, 5.41) is 19.4. The van der Waals surface area contributed by atoms with Gasteiger partial charge in [-0.25, -0.2) is 0 Å². The molecule has 0 atom stereocenters. The van der Waals surface area contributed by atoms with Crippen LogP contribution >= 0.6 is 28.1 Å². The monoisotopic (exact) mass is 387 g/mol. The Morgan fingerprint density at radius 3 is 2.70 bits per heavy atom. The van der Waals surface area contributed by atoms with Gasteiger partial charge >= 0.3 is 0 Å². The lowest BCUT2D eigenvalue weighted by atomic mass is 10.2. The summed E-state index contributed by atoms with van der Waals surface area (Å²) in [4.78, 5) is 0.475. The van der Waals surface area contributed by atoms with E-state index in [0.29, 0.717) is 17.1 Å². The molecule has 4 nitrogen and oxygen atoms in total. The Morgan fingerprint density at radius 2 is 1.96 bits per heavy atom. The van der Waals surface area contributed by atoms with E-state index in [1.54, 1.807) is 11.6 Å². The van der Waals surface area contributed by atoms with Crippen molar-refractivity contribution in [3.63, 3.8) is 0 Å². The number of thiocarbonyl (C=S) groups is 1. The van der Waals surface area contributed by atoms with Gasteiger partial charge in [-0.2, -0.15) is 0 Å². The zero-order valence-electron chi connectivity index (χ0n) is 12.4. The summed E-state index contributed by atoms with van der Waals surface area (Å²) in [5.74, 6) is 0.0735. The number of fused-ring (bicyclic) bond motifs is 1. The molecule has 0 radical (unpaired) electrons. The summed E-state index contributed by atoms with van der Waals surface area (Å²) in [6, 6.07) is 15.6. The number of nitrogens with zero attached hydrogens (tertiary/aromatic N) is 3. The van der Waals surface area contributed by atoms with Gasteiger partial charge in [0.1, 0.15) is 4.99 Å². The Kier molecular flexibility index (Phi) is 4.54. The van der Waals surface area contributed by atoms with Gasteiger partial charge in [0, 0.05) is 23.3 Å². The van der Waals surface area contributed by atoms with E-state index in [1.807, 2.05) is 48.5 Å². The number of hydrogen-bond donors (Lipinski definition) is 1. The number of hydrogen-bond acceptors (Lipinski definition) is 3. The SMILES string of the molecule is Cn1c(O)c(N=NC(=S)Cc2ccccc2)c2cc(Br)ccc21. The van der Waals surface area contributed by atoms with E-state index in [2.05, 4.69) is 26.2 Å². The second-order valence-corrected chi connectivity index (χ2v) is 6.54. The standard InChI is InChI=1S/C17H14BrN3OS/c1-21-14-8-7-12(18)10-13(14)16(17(21)22)20-19-15(23)9-11-5-3-2-4-6-11/h2-8,10,22H,9H2,1H3. The lowest BCUT2D eigenvalue weighted by Crippen LogP contribution is -1.94. The average molecular weight is 388 g/mol. The molecule has 116 valence electrons. The molecule has 3 rings (SSSR count). The van der Waals surface area contributed by atoms with Gasteiger partial charge in [-0.3, -0.25) is 0 Å². The zero-order chi connectivity index (χ0) is 16.4. The third-order valence-corrected chi connectivity index (χ3v) is 4.28. The third kappa shape index (κ3) is 3.33. The molecule has 0 aliphatic carbocycles. The van der Waals surface area contributed by atoms with E-state index in [0.717, 1.165) is 20.9 Å². The maximum atomic E-state index is 10.3. The Morgan fingerprint density at radius 1 is 1.22 bits per heavy atom. The van der Waals surface area contributed by atoms with Crippen LogP contribution in [0.15, 0.2) is 63.2 Å². The smallest absolute Gasteiger partial charge is 0.220 e. The number of aromatic nitrogens is 1. The van der Waals surface area contributed by atoms with E-state index in [1.165, 1.54) is 0 Å². The molecule has 0 saturated carbocycles. The Hall–Kier alpha value is -2.05. The largest absolute Gasteiger partial charge is 0.493 e. The molecule has 23 heavy (non-hydrogen) atoms. The quantitative estimate of drug-likeness (QED) is 0.489. The van der Waals surface area contributed by atoms with Crippen LogP contribution < -0.4 is 0 Å².